The number of ether oxygens (including phenoxy) is 1. The van der Waals surface area contributed by atoms with Gasteiger partial charge in [0.25, 0.3) is 0 Å². The number of carbonyl (C=O) groups is 1. The van der Waals surface area contributed by atoms with Gasteiger partial charge in [0.1, 0.15) is 6.61 Å². The van der Waals surface area contributed by atoms with Crippen LogP contribution in [0, 0.1) is 0 Å². The van der Waals surface area contributed by atoms with Crippen LogP contribution >= 0.6 is 0 Å². The van der Waals surface area contributed by atoms with Gasteiger partial charge in [0.05, 0.1) is 6.04 Å². The van der Waals surface area contributed by atoms with Gasteiger partial charge in [-0.15, -0.1) is 0 Å². The molecule has 4 heteroatoms. The van der Waals surface area contributed by atoms with Gasteiger partial charge in [0, 0.05) is 6.54 Å². The lowest BCUT2D eigenvalue weighted by Gasteiger charge is -2.18. The molecular weight excluding hydrogens is 156 g/mol. The summed E-state index contributed by atoms with van der Waals surface area (Å²) in [6.07, 6.45) is 1.73. The summed E-state index contributed by atoms with van der Waals surface area (Å²) in [6.45, 7) is 3.91. The molecule has 1 aliphatic heterocycles. The quantitative estimate of drug-likeness (QED) is 0.674. The average molecular weight is 172 g/mol. The Morgan fingerprint density at radius 2 is 2.50 bits per heavy atom. The molecule has 1 aliphatic rings. The molecule has 2 N–H and O–H groups in total. The van der Waals surface area contributed by atoms with Crippen molar-refractivity contribution in [3.8, 4) is 0 Å². The van der Waals surface area contributed by atoms with Crippen LogP contribution in [-0.4, -0.2) is 36.7 Å². The molecule has 0 saturated carbocycles. The van der Waals surface area contributed by atoms with Crippen LogP contribution in [0.1, 0.15) is 19.8 Å². The van der Waals surface area contributed by atoms with Crippen LogP contribution in [0.4, 0.5) is 4.79 Å². The third-order valence-corrected chi connectivity index (χ3v) is 2.16. The van der Waals surface area contributed by atoms with E-state index in [1.54, 1.807) is 4.90 Å². The van der Waals surface area contributed by atoms with Crippen molar-refractivity contribution in [1.29, 1.82) is 0 Å². The van der Waals surface area contributed by atoms with Gasteiger partial charge < -0.3 is 15.4 Å². The molecule has 0 aromatic rings. The van der Waals surface area contributed by atoms with Gasteiger partial charge in [0.15, 0.2) is 0 Å². The van der Waals surface area contributed by atoms with E-state index >= 15 is 0 Å². The van der Waals surface area contributed by atoms with Gasteiger partial charge in [-0.3, -0.25) is 0 Å². The fourth-order valence-corrected chi connectivity index (χ4v) is 1.47. The molecule has 1 amide bonds. The topological polar surface area (TPSA) is 55.6 Å². The zero-order valence-electron chi connectivity index (χ0n) is 7.45. The van der Waals surface area contributed by atoms with E-state index in [4.69, 9.17) is 10.5 Å². The number of amides is 1. The number of nitrogens with two attached hydrogens (primary N) is 1. The maximum absolute atomic E-state index is 11.1. The predicted molar refractivity (Wildman–Crippen MR) is 45.8 cm³/mol. The molecule has 0 aliphatic carbocycles. The van der Waals surface area contributed by atoms with Crippen LogP contribution in [0.15, 0.2) is 0 Å². The van der Waals surface area contributed by atoms with E-state index in [-0.39, 0.29) is 12.1 Å². The summed E-state index contributed by atoms with van der Waals surface area (Å²) in [5, 5.41) is 0. The van der Waals surface area contributed by atoms with Crippen molar-refractivity contribution in [3.63, 3.8) is 0 Å². The fourth-order valence-electron chi connectivity index (χ4n) is 1.47. The van der Waals surface area contributed by atoms with Crippen molar-refractivity contribution < 1.29 is 9.53 Å². The Bertz CT molecular complexity index is 161. The number of likely N-dealkylation sites (N-methyl/N-ethyl adjacent to an activating group) is 1. The van der Waals surface area contributed by atoms with E-state index in [0.29, 0.717) is 13.2 Å². The van der Waals surface area contributed by atoms with Crippen LogP contribution in [0.5, 0.6) is 0 Å². The Hall–Kier alpha value is -0.770. The first-order valence-corrected chi connectivity index (χ1v) is 4.43. The second-order valence-electron chi connectivity index (χ2n) is 2.95. The molecule has 1 heterocycles. The molecule has 0 aromatic heterocycles. The maximum atomic E-state index is 11.1. The number of hydrogen-bond acceptors (Lipinski definition) is 3. The molecule has 0 radical (unpaired) electrons. The van der Waals surface area contributed by atoms with E-state index in [0.717, 1.165) is 19.4 Å². The fraction of sp³-hybridized carbons (Fsp3) is 0.875. The minimum Gasteiger partial charge on any atom is -0.447 e. The lowest BCUT2D eigenvalue weighted by Crippen LogP contribution is -2.33. The standard InChI is InChI=1S/C8H16N2O2/c1-2-10-7(4-3-5-9)6-12-8(10)11/h7H,2-6,9H2,1H3. The minimum absolute atomic E-state index is 0.181. The molecule has 1 rings (SSSR count). The van der Waals surface area contributed by atoms with E-state index in [9.17, 15) is 4.79 Å². The Labute approximate surface area is 72.7 Å². The molecule has 4 nitrogen and oxygen atoms in total. The van der Waals surface area contributed by atoms with Crippen LogP contribution in [-0.2, 0) is 4.74 Å². The smallest absolute Gasteiger partial charge is 0.410 e. The first-order valence-electron chi connectivity index (χ1n) is 4.43. The highest BCUT2D eigenvalue weighted by Crippen LogP contribution is 2.15. The van der Waals surface area contributed by atoms with Gasteiger partial charge in [-0.05, 0) is 26.3 Å². The summed E-state index contributed by atoms with van der Waals surface area (Å²) in [7, 11) is 0. The predicted octanol–water partition coefficient (Wildman–Crippen LogP) is 0.566. The SMILES string of the molecule is CCN1C(=O)OCC1CCCN. The third kappa shape index (κ3) is 1.88. The highest BCUT2D eigenvalue weighted by molar-refractivity contribution is 5.69. The Kier molecular flexibility index (Phi) is 3.34. The van der Waals surface area contributed by atoms with E-state index < -0.39 is 0 Å². The van der Waals surface area contributed by atoms with Gasteiger partial charge in [0.2, 0.25) is 0 Å². The molecule has 70 valence electrons. The second kappa shape index (κ2) is 4.30. The van der Waals surface area contributed by atoms with Crippen molar-refractivity contribution in [2.75, 3.05) is 19.7 Å². The summed E-state index contributed by atoms with van der Waals surface area (Å²) in [5.74, 6) is 0. The van der Waals surface area contributed by atoms with Crippen molar-refractivity contribution >= 4 is 6.09 Å². The number of cyclic esters (lactones) is 1. The second-order valence-corrected chi connectivity index (χ2v) is 2.95. The number of hydrogen-bond donors (Lipinski definition) is 1. The largest absolute Gasteiger partial charge is 0.447 e. The van der Waals surface area contributed by atoms with Gasteiger partial charge in [-0.25, -0.2) is 4.79 Å². The molecule has 1 fully saturated rings. The molecule has 1 atom stereocenters. The molecule has 0 spiro atoms. The first-order chi connectivity index (χ1) is 5.79. The average Bonchev–Trinajstić information content (AvgIpc) is 2.43. The van der Waals surface area contributed by atoms with E-state index in [1.165, 1.54) is 0 Å². The molecular formula is C8H16N2O2. The normalized spacial score (nSPS) is 23.0. The summed E-state index contributed by atoms with van der Waals surface area (Å²) in [4.78, 5) is 12.8. The van der Waals surface area contributed by atoms with Crippen LogP contribution in [0.2, 0.25) is 0 Å². The monoisotopic (exact) mass is 172 g/mol. The molecule has 0 bridgehead atoms. The van der Waals surface area contributed by atoms with Crippen molar-refractivity contribution in [2.45, 2.75) is 25.8 Å². The van der Waals surface area contributed by atoms with Gasteiger partial charge in [-0.1, -0.05) is 0 Å². The summed E-state index contributed by atoms with van der Waals surface area (Å²) in [6, 6.07) is 0.256. The van der Waals surface area contributed by atoms with Crippen molar-refractivity contribution in [3.05, 3.63) is 0 Å². The summed E-state index contributed by atoms with van der Waals surface area (Å²) < 4.78 is 4.91. The highest BCUT2D eigenvalue weighted by Gasteiger charge is 2.30. The molecule has 0 aromatic carbocycles. The van der Waals surface area contributed by atoms with E-state index in [2.05, 4.69) is 0 Å². The Balaban J connectivity index is 2.38. The molecule has 1 unspecified atom stereocenters. The molecule has 1 saturated heterocycles. The highest BCUT2D eigenvalue weighted by atomic mass is 16.6. The van der Waals surface area contributed by atoms with Gasteiger partial charge in [-0.2, -0.15) is 0 Å². The third-order valence-electron chi connectivity index (χ3n) is 2.16. The zero-order chi connectivity index (χ0) is 8.97. The number of nitrogens with zero attached hydrogens (tertiary/aromatic N) is 1. The van der Waals surface area contributed by atoms with Crippen LogP contribution in [0.25, 0.3) is 0 Å². The van der Waals surface area contributed by atoms with Crippen LogP contribution in [0.3, 0.4) is 0 Å². The number of carbonyl (C=O) groups excluding carboxylic acids is 1. The Morgan fingerprint density at radius 1 is 1.75 bits per heavy atom. The lowest BCUT2D eigenvalue weighted by atomic mass is 10.1. The van der Waals surface area contributed by atoms with Crippen molar-refractivity contribution in [1.82, 2.24) is 4.90 Å². The number of rotatable bonds is 4. The Morgan fingerprint density at radius 3 is 3.08 bits per heavy atom. The minimum atomic E-state index is -0.181. The zero-order valence-corrected chi connectivity index (χ0v) is 7.45. The summed E-state index contributed by atoms with van der Waals surface area (Å²) >= 11 is 0. The lowest BCUT2D eigenvalue weighted by molar-refractivity contribution is 0.159. The van der Waals surface area contributed by atoms with Gasteiger partial charge >= 0.3 is 6.09 Å². The summed E-state index contributed by atoms with van der Waals surface area (Å²) in [5.41, 5.74) is 5.38. The maximum Gasteiger partial charge on any atom is 0.410 e. The first kappa shape index (κ1) is 9.32. The van der Waals surface area contributed by atoms with Crippen LogP contribution < -0.4 is 5.73 Å². The van der Waals surface area contributed by atoms with Crippen molar-refractivity contribution in [2.24, 2.45) is 5.73 Å². The molecule has 12 heavy (non-hydrogen) atoms. The van der Waals surface area contributed by atoms with E-state index in [1.807, 2.05) is 6.92 Å².